The molecule has 3 aromatic rings. The maximum absolute atomic E-state index is 14.2. The van der Waals surface area contributed by atoms with Crippen LogP contribution < -0.4 is 9.47 Å². The van der Waals surface area contributed by atoms with Crippen molar-refractivity contribution < 1.29 is 28.2 Å². The molecule has 9 heteroatoms. The quantitative estimate of drug-likeness (QED) is 0.394. The van der Waals surface area contributed by atoms with E-state index in [1.807, 2.05) is 11.4 Å². The van der Waals surface area contributed by atoms with Crippen molar-refractivity contribution in [3.63, 3.8) is 0 Å². The molecule has 0 bridgehead atoms. The zero-order valence-electron chi connectivity index (χ0n) is 21.3. The molecule has 2 aliphatic rings. The number of halogens is 1. The van der Waals surface area contributed by atoms with Gasteiger partial charge in [0.15, 0.2) is 11.6 Å². The SMILES string of the molecule is COc1cccc(C(=O)N(CC(=O)N2CCc3sccc3[C@@H]2COc2ccccc2F)C[C@H]2CCCO2)c1. The Morgan fingerprint density at radius 3 is 2.84 bits per heavy atom. The van der Waals surface area contributed by atoms with Gasteiger partial charge in [0.05, 0.1) is 19.3 Å². The van der Waals surface area contributed by atoms with E-state index in [2.05, 4.69) is 0 Å². The third-order valence-electron chi connectivity index (χ3n) is 7.03. The summed E-state index contributed by atoms with van der Waals surface area (Å²) in [6.45, 7) is 1.51. The molecule has 5 rings (SSSR count). The standard InChI is InChI=1S/C29H31FN2O5S/c1-35-21-7-4-6-20(16-21)29(34)31(17-22-8-5-14-36-22)18-28(33)32-13-11-27-23(12-15-38-27)25(32)19-37-26-10-3-2-9-24(26)30/h2-4,6-7,9-10,12,15-16,22,25H,5,8,11,13-14,17-19H2,1H3/t22-,25+/m1/s1. The number of thiophene rings is 1. The molecule has 3 heterocycles. The Balaban J connectivity index is 1.36. The number of carbonyl (C=O) groups excluding carboxylic acids is 2. The lowest BCUT2D eigenvalue weighted by Crippen LogP contribution is -2.49. The zero-order valence-corrected chi connectivity index (χ0v) is 22.1. The van der Waals surface area contributed by atoms with Gasteiger partial charge in [-0.15, -0.1) is 11.3 Å². The monoisotopic (exact) mass is 538 g/mol. The average Bonchev–Trinajstić information content (AvgIpc) is 3.64. The predicted octanol–water partition coefficient (Wildman–Crippen LogP) is 4.72. The van der Waals surface area contributed by atoms with E-state index in [0.29, 0.717) is 31.0 Å². The number of fused-ring (bicyclic) bond motifs is 1. The van der Waals surface area contributed by atoms with Crippen LogP contribution in [0.25, 0.3) is 0 Å². The summed E-state index contributed by atoms with van der Waals surface area (Å²) in [7, 11) is 1.55. The first-order valence-corrected chi connectivity index (χ1v) is 13.7. The van der Waals surface area contributed by atoms with E-state index >= 15 is 0 Å². The number of methoxy groups -OCH3 is 1. The topological polar surface area (TPSA) is 68.3 Å². The van der Waals surface area contributed by atoms with Crippen LogP contribution in [0, 0.1) is 5.82 Å². The number of hydrogen-bond donors (Lipinski definition) is 0. The van der Waals surface area contributed by atoms with E-state index in [4.69, 9.17) is 14.2 Å². The number of hydrogen-bond acceptors (Lipinski definition) is 6. The van der Waals surface area contributed by atoms with Crippen LogP contribution in [0.15, 0.2) is 60.0 Å². The molecule has 0 unspecified atom stereocenters. The Morgan fingerprint density at radius 2 is 2.05 bits per heavy atom. The molecule has 2 atom stereocenters. The van der Waals surface area contributed by atoms with Crippen molar-refractivity contribution >= 4 is 23.2 Å². The Labute approximate surface area is 225 Å². The van der Waals surface area contributed by atoms with Gasteiger partial charge in [0, 0.05) is 30.1 Å². The van der Waals surface area contributed by atoms with Crippen LogP contribution in [0.2, 0.25) is 0 Å². The summed E-state index contributed by atoms with van der Waals surface area (Å²) in [5.74, 6) is -0.155. The van der Waals surface area contributed by atoms with Crippen LogP contribution in [0.1, 0.15) is 39.7 Å². The van der Waals surface area contributed by atoms with Gasteiger partial charge < -0.3 is 24.0 Å². The minimum absolute atomic E-state index is 0.0917. The summed E-state index contributed by atoms with van der Waals surface area (Å²) in [6.07, 6.45) is 2.40. The molecule has 7 nitrogen and oxygen atoms in total. The van der Waals surface area contributed by atoms with Crippen LogP contribution in [0.3, 0.4) is 0 Å². The number of benzene rings is 2. The van der Waals surface area contributed by atoms with E-state index in [-0.39, 0.29) is 42.9 Å². The van der Waals surface area contributed by atoms with Gasteiger partial charge in [0.2, 0.25) is 5.91 Å². The number of nitrogens with zero attached hydrogens (tertiary/aromatic N) is 2. The van der Waals surface area contributed by atoms with E-state index in [9.17, 15) is 14.0 Å². The van der Waals surface area contributed by atoms with E-state index in [1.165, 1.54) is 10.9 Å². The molecule has 1 fully saturated rings. The van der Waals surface area contributed by atoms with Crippen LogP contribution in [-0.4, -0.2) is 67.7 Å². The molecule has 2 amide bonds. The molecular weight excluding hydrogens is 507 g/mol. The molecule has 2 aliphatic heterocycles. The van der Waals surface area contributed by atoms with Crippen molar-refractivity contribution in [2.75, 3.05) is 40.0 Å². The summed E-state index contributed by atoms with van der Waals surface area (Å²) in [5, 5.41) is 2.00. The molecule has 0 N–H and O–H groups in total. The third kappa shape index (κ3) is 5.84. The second-order valence-electron chi connectivity index (χ2n) is 9.45. The number of amides is 2. The summed E-state index contributed by atoms with van der Waals surface area (Å²) in [4.78, 5) is 31.9. The smallest absolute Gasteiger partial charge is 0.254 e. The summed E-state index contributed by atoms with van der Waals surface area (Å²) < 4.78 is 31.2. The highest BCUT2D eigenvalue weighted by Gasteiger charge is 2.34. The molecule has 200 valence electrons. The second-order valence-corrected chi connectivity index (χ2v) is 10.4. The molecule has 0 saturated carbocycles. The molecular formula is C29H31FN2O5S. The van der Waals surface area contributed by atoms with Gasteiger partial charge in [0.25, 0.3) is 5.91 Å². The van der Waals surface area contributed by atoms with Gasteiger partial charge in [-0.1, -0.05) is 18.2 Å². The fourth-order valence-electron chi connectivity index (χ4n) is 5.05. The van der Waals surface area contributed by atoms with Gasteiger partial charge >= 0.3 is 0 Å². The van der Waals surface area contributed by atoms with Crippen LogP contribution in [0.4, 0.5) is 4.39 Å². The van der Waals surface area contributed by atoms with E-state index in [0.717, 1.165) is 24.8 Å². The summed E-state index contributed by atoms with van der Waals surface area (Å²) >= 11 is 1.65. The Kier molecular flexibility index (Phi) is 8.24. The minimum Gasteiger partial charge on any atom is -0.497 e. The number of ether oxygens (including phenoxy) is 3. The number of para-hydroxylation sites is 1. The maximum atomic E-state index is 14.2. The van der Waals surface area contributed by atoms with Gasteiger partial charge in [-0.3, -0.25) is 9.59 Å². The van der Waals surface area contributed by atoms with Crippen LogP contribution >= 0.6 is 11.3 Å². The lowest BCUT2D eigenvalue weighted by Gasteiger charge is -2.37. The lowest BCUT2D eigenvalue weighted by molar-refractivity contribution is -0.135. The molecule has 0 radical (unpaired) electrons. The molecule has 0 spiro atoms. The highest BCUT2D eigenvalue weighted by atomic mass is 32.1. The van der Waals surface area contributed by atoms with Crippen LogP contribution in [0.5, 0.6) is 11.5 Å². The minimum atomic E-state index is -0.446. The van der Waals surface area contributed by atoms with Gasteiger partial charge in [-0.25, -0.2) is 4.39 Å². The summed E-state index contributed by atoms with van der Waals surface area (Å²) in [6, 6.07) is 14.8. The van der Waals surface area contributed by atoms with Crippen LogP contribution in [-0.2, 0) is 16.0 Å². The highest BCUT2D eigenvalue weighted by molar-refractivity contribution is 7.10. The molecule has 1 aromatic heterocycles. The lowest BCUT2D eigenvalue weighted by atomic mass is 10.00. The fraction of sp³-hybridized carbons (Fsp3) is 0.379. The number of carbonyl (C=O) groups is 2. The van der Waals surface area contributed by atoms with Gasteiger partial charge in [-0.05, 0) is 66.6 Å². The van der Waals surface area contributed by atoms with Crippen molar-refractivity contribution in [3.8, 4) is 11.5 Å². The van der Waals surface area contributed by atoms with Gasteiger partial charge in [0.1, 0.15) is 18.9 Å². The Hall–Kier alpha value is -3.43. The second kappa shape index (κ2) is 12.0. The largest absolute Gasteiger partial charge is 0.497 e. The first kappa shape index (κ1) is 26.2. The molecule has 2 aromatic carbocycles. The van der Waals surface area contributed by atoms with Crippen molar-refractivity contribution in [2.45, 2.75) is 31.4 Å². The zero-order chi connectivity index (χ0) is 26.5. The molecule has 38 heavy (non-hydrogen) atoms. The molecule has 1 saturated heterocycles. The van der Waals surface area contributed by atoms with Gasteiger partial charge in [-0.2, -0.15) is 0 Å². The first-order chi connectivity index (χ1) is 18.5. The molecule has 0 aliphatic carbocycles. The Morgan fingerprint density at radius 1 is 1.18 bits per heavy atom. The average molecular weight is 539 g/mol. The van der Waals surface area contributed by atoms with Crippen molar-refractivity contribution in [3.05, 3.63) is 81.8 Å². The van der Waals surface area contributed by atoms with Crippen molar-refractivity contribution in [2.24, 2.45) is 0 Å². The predicted molar refractivity (Wildman–Crippen MR) is 142 cm³/mol. The summed E-state index contributed by atoms with van der Waals surface area (Å²) in [5.41, 5.74) is 1.46. The maximum Gasteiger partial charge on any atom is 0.254 e. The normalized spacial score (nSPS) is 18.6. The number of rotatable bonds is 9. The fourth-order valence-corrected chi connectivity index (χ4v) is 5.98. The van der Waals surface area contributed by atoms with E-state index < -0.39 is 5.82 Å². The highest BCUT2D eigenvalue weighted by Crippen LogP contribution is 2.34. The van der Waals surface area contributed by atoms with Crippen molar-refractivity contribution in [1.82, 2.24) is 9.80 Å². The first-order valence-electron chi connectivity index (χ1n) is 12.8. The van der Waals surface area contributed by atoms with E-state index in [1.54, 1.807) is 70.7 Å². The Bertz CT molecular complexity index is 1280. The van der Waals surface area contributed by atoms with Crippen molar-refractivity contribution in [1.29, 1.82) is 0 Å². The third-order valence-corrected chi connectivity index (χ3v) is 8.02.